The van der Waals surface area contributed by atoms with Crippen molar-refractivity contribution >= 4 is 0 Å². The molecule has 1 saturated heterocycles. The number of aromatic nitrogens is 2. The van der Waals surface area contributed by atoms with Gasteiger partial charge in [-0.25, -0.2) is 0 Å². The molecular formula is C16H19N3O2. The summed E-state index contributed by atoms with van der Waals surface area (Å²) in [6.07, 6.45) is 3.94. The Hall–Kier alpha value is -1.88. The molecule has 0 aliphatic carbocycles. The van der Waals surface area contributed by atoms with Gasteiger partial charge in [-0.1, -0.05) is 23.4 Å². The van der Waals surface area contributed by atoms with E-state index in [9.17, 15) is 0 Å². The molecule has 2 aromatic rings. The molecule has 5 nitrogen and oxygen atoms in total. The van der Waals surface area contributed by atoms with Crippen LogP contribution in [-0.2, 0) is 12.8 Å². The number of hydrogen-bond acceptors (Lipinski definition) is 5. The third kappa shape index (κ3) is 2.65. The number of nitrogens with one attached hydrogen (secondary N) is 1. The first kappa shape index (κ1) is 12.8. The summed E-state index contributed by atoms with van der Waals surface area (Å²) in [5, 5.41) is 7.48. The van der Waals surface area contributed by atoms with Crippen LogP contribution < -0.4 is 10.1 Å². The summed E-state index contributed by atoms with van der Waals surface area (Å²) >= 11 is 0. The molecule has 1 N–H and O–H groups in total. The van der Waals surface area contributed by atoms with Crippen molar-refractivity contribution in [2.75, 3.05) is 13.1 Å². The van der Waals surface area contributed by atoms with Crippen molar-refractivity contribution in [2.45, 2.75) is 31.8 Å². The summed E-state index contributed by atoms with van der Waals surface area (Å²) in [6.45, 7) is 2.25. The lowest BCUT2D eigenvalue weighted by atomic mass is 10.0. The van der Waals surface area contributed by atoms with Gasteiger partial charge in [-0.3, -0.25) is 0 Å². The van der Waals surface area contributed by atoms with Crippen LogP contribution in [0.3, 0.4) is 0 Å². The molecule has 1 fully saturated rings. The Morgan fingerprint density at radius 3 is 3.10 bits per heavy atom. The van der Waals surface area contributed by atoms with E-state index in [1.807, 2.05) is 18.2 Å². The molecule has 0 radical (unpaired) electrons. The Morgan fingerprint density at radius 2 is 2.24 bits per heavy atom. The zero-order valence-electron chi connectivity index (χ0n) is 11.9. The number of hydrogen-bond donors (Lipinski definition) is 1. The molecule has 0 spiro atoms. The maximum absolute atomic E-state index is 5.89. The maximum Gasteiger partial charge on any atom is 0.226 e. The first-order valence-corrected chi connectivity index (χ1v) is 7.66. The summed E-state index contributed by atoms with van der Waals surface area (Å²) in [4.78, 5) is 4.51. The van der Waals surface area contributed by atoms with Gasteiger partial charge in [0.05, 0.1) is 0 Å². The van der Waals surface area contributed by atoms with Gasteiger partial charge < -0.3 is 14.6 Å². The average Bonchev–Trinajstić information content (AvgIpc) is 3.24. The highest BCUT2D eigenvalue weighted by Gasteiger charge is 2.28. The molecule has 2 unspecified atom stereocenters. The highest BCUT2D eigenvalue weighted by Crippen LogP contribution is 2.35. The quantitative estimate of drug-likeness (QED) is 0.934. The Labute approximate surface area is 123 Å². The lowest BCUT2D eigenvalue weighted by Gasteiger charge is -2.05. The van der Waals surface area contributed by atoms with Gasteiger partial charge in [0.1, 0.15) is 5.75 Å². The fraction of sp³-hybridized carbons (Fsp3) is 0.500. The molecule has 2 atom stereocenters. The van der Waals surface area contributed by atoms with Crippen molar-refractivity contribution < 1.29 is 9.26 Å². The third-order valence-electron chi connectivity index (χ3n) is 4.35. The molecule has 4 rings (SSSR count). The summed E-state index contributed by atoms with van der Waals surface area (Å²) in [5.74, 6) is 3.08. The number of rotatable bonds is 4. The minimum absolute atomic E-state index is 0.104. The van der Waals surface area contributed by atoms with Crippen LogP contribution >= 0.6 is 0 Å². The molecule has 0 bridgehead atoms. The molecule has 0 amide bonds. The number of ether oxygens (including phenoxy) is 1. The van der Waals surface area contributed by atoms with Gasteiger partial charge in [-0.15, -0.1) is 0 Å². The largest absolute Gasteiger partial charge is 0.482 e. The zero-order valence-corrected chi connectivity index (χ0v) is 11.9. The van der Waals surface area contributed by atoms with Gasteiger partial charge in [0.25, 0.3) is 0 Å². The van der Waals surface area contributed by atoms with E-state index in [0.29, 0.717) is 5.82 Å². The molecule has 2 aliphatic heterocycles. The summed E-state index contributed by atoms with van der Waals surface area (Å²) in [7, 11) is 0. The second-order valence-electron chi connectivity index (χ2n) is 5.86. The normalized spacial score (nSPS) is 24.0. The molecule has 21 heavy (non-hydrogen) atoms. The van der Waals surface area contributed by atoms with E-state index in [1.54, 1.807) is 0 Å². The van der Waals surface area contributed by atoms with Crippen LogP contribution in [0.15, 0.2) is 28.8 Å². The second kappa shape index (κ2) is 5.48. The van der Waals surface area contributed by atoms with Gasteiger partial charge in [-0.2, -0.15) is 4.98 Å². The van der Waals surface area contributed by atoms with Crippen molar-refractivity contribution in [1.29, 1.82) is 0 Å². The molecular weight excluding hydrogens is 266 g/mol. The van der Waals surface area contributed by atoms with Crippen molar-refractivity contribution in [1.82, 2.24) is 15.5 Å². The summed E-state index contributed by atoms with van der Waals surface area (Å²) in [6, 6.07) is 8.09. The number of fused-ring (bicyclic) bond motifs is 1. The van der Waals surface area contributed by atoms with Crippen LogP contribution in [0.5, 0.6) is 5.75 Å². The monoisotopic (exact) mass is 285 g/mol. The van der Waals surface area contributed by atoms with Crippen LogP contribution in [0.1, 0.15) is 36.2 Å². The maximum atomic E-state index is 5.89. The van der Waals surface area contributed by atoms with E-state index in [0.717, 1.165) is 49.9 Å². The van der Waals surface area contributed by atoms with Crippen LogP contribution in [-0.4, -0.2) is 23.2 Å². The van der Waals surface area contributed by atoms with E-state index in [1.165, 1.54) is 12.0 Å². The van der Waals surface area contributed by atoms with E-state index in [-0.39, 0.29) is 6.10 Å². The predicted octanol–water partition coefficient (Wildman–Crippen LogP) is 2.29. The van der Waals surface area contributed by atoms with E-state index >= 15 is 0 Å². The molecule has 110 valence electrons. The van der Waals surface area contributed by atoms with Crippen molar-refractivity contribution in [3.63, 3.8) is 0 Å². The highest BCUT2D eigenvalue weighted by atomic mass is 16.5. The lowest BCUT2D eigenvalue weighted by molar-refractivity contribution is 0.221. The first-order chi connectivity index (χ1) is 10.4. The second-order valence-corrected chi connectivity index (χ2v) is 5.86. The van der Waals surface area contributed by atoms with Crippen LogP contribution in [0.4, 0.5) is 0 Å². The van der Waals surface area contributed by atoms with Crippen molar-refractivity contribution in [2.24, 2.45) is 5.92 Å². The fourth-order valence-corrected chi connectivity index (χ4v) is 3.11. The molecule has 1 aromatic carbocycles. The average molecular weight is 285 g/mol. The lowest BCUT2D eigenvalue weighted by Crippen LogP contribution is -2.09. The molecule has 5 heteroatoms. The van der Waals surface area contributed by atoms with E-state index in [4.69, 9.17) is 9.26 Å². The highest BCUT2D eigenvalue weighted by molar-refractivity contribution is 5.37. The Bertz CT molecular complexity index is 594. The van der Waals surface area contributed by atoms with E-state index < -0.39 is 0 Å². The van der Waals surface area contributed by atoms with Gasteiger partial charge in [-0.05, 0) is 43.5 Å². The van der Waals surface area contributed by atoms with Crippen LogP contribution in [0, 0.1) is 5.92 Å². The smallest absolute Gasteiger partial charge is 0.226 e. The van der Waals surface area contributed by atoms with Gasteiger partial charge in [0.2, 0.25) is 11.7 Å². The Morgan fingerprint density at radius 1 is 1.29 bits per heavy atom. The fourth-order valence-electron chi connectivity index (χ4n) is 3.11. The Balaban J connectivity index is 1.39. The summed E-state index contributed by atoms with van der Waals surface area (Å²) < 4.78 is 11.3. The molecule has 0 saturated carbocycles. The minimum atomic E-state index is -0.104. The minimum Gasteiger partial charge on any atom is -0.482 e. The van der Waals surface area contributed by atoms with Crippen molar-refractivity contribution in [3.8, 4) is 5.75 Å². The summed E-state index contributed by atoms with van der Waals surface area (Å²) in [5.41, 5.74) is 1.21. The number of aryl methyl sites for hydroxylation is 1. The molecule has 2 aliphatic rings. The zero-order chi connectivity index (χ0) is 14.1. The van der Waals surface area contributed by atoms with Gasteiger partial charge >= 0.3 is 0 Å². The van der Waals surface area contributed by atoms with Crippen LogP contribution in [0.25, 0.3) is 0 Å². The topological polar surface area (TPSA) is 60.2 Å². The van der Waals surface area contributed by atoms with Gasteiger partial charge in [0.15, 0.2) is 6.10 Å². The molecule has 1 aromatic heterocycles. The number of nitrogens with zero attached hydrogens (tertiary/aromatic N) is 2. The first-order valence-electron chi connectivity index (χ1n) is 7.66. The van der Waals surface area contributed by atoms with Crippen LogP contribution in [0.2, 0.25) is 0 Å². The number of para-hydroxylation sites is 1. The predicted molar refractivity (Wildman–Crippen MR) is 77.1 cm³/mol. The third-order valence-corrected chi connectivity index (χ3v) is 4.35. The number of benzene rings is 1. The Kier molecular flexibility index (Phi) is 3.35. The SMILES string of the molecule is c1ccc2c(c1)CC(c1noc(CCC3CCNC3)n1)O2. The van der Waals surface area contributed by atoms with Crippen molar-refractivity contribution in [3.05, 3.63) is 41.5 Å². The standard InChI is InChI=1S/C16H19N3O2/c1-2-4-13-12(3-1)9-14(20-13)16-18-15(21-19-16)6-5-11-7-8-17-10-11/h1-4,11,14,17H,5-10H2. The van der Waals surface area contributed by atoms with E-state index in [2.05, 4.69) is 21.5 Å². The molecule has 3 heterocycles. The van der Waals surface area contributed by atoms with Gasteiger partial charge in [0, 0.05) is 12.8 Å².